The van der Waals surface area contributed by atoms with E-state index < -0.39 is 0 Å². The zero-order valence-electron chi connectivity index (χ0n) is 15.1. The number of rotatable bonds is 16. The third-order valence-electron chi connectivity index (χ3n) is 4.31. The molecule has 0 heterocycles. The summed E-state index contributed by atoms with van der Waals surface area (Å²) in [4.78, 5) is 11.2. The van der Waals surface area contributed by atoms with Crippen LogP contribution in [0.4, 0.5) is 0 Å². The highest BCUT2D eigenvalue weighted by Crippen LogP contribution is 2.19. The minimum Gasteiger partial charge on any atom is -0.462 e. The molecule has 2 heteroatoms. The fourth-order valence-corrected chi connectivity index (χ4v) is 2.82. The first-order valence-corrected chi connectivity index (χ1v) is 9.53. The molecule has 1 atom stereocenters. The van der Waals surface area contributed by atoms with Crippen molar-refractivity contribution in [2.75, 3.05) is 6.61 Å². The molecule has 0 saturated heterocycles. The van der Waals surface area contributed by atoms with E-state index in [4.69, 9.17) is 4.74 Å². The Labute approximate surface area is 138 Å². The highest BCUT2D eigenvalue weighted by atomic mass is 16.5. The molecule has 0 aromatic carbocycles. The van der Waals surface area contributed by atoms with Crippen LogP contribution in [0.1, 0.15) is 97.3 Å². The number of hydrogen-bond acceptors (Lipinski definition) is 2. The van der Waals surface area contributed by atoms with Crippen molar-refractivity contribution in [1.29, 1.82) is 0 Å². The molecule has 0 amide bonds. The molecule has 1 unspecified atom stereocenters. The molecule has 2 nitrogen and oxygen atoms in total. The standard InChI is InChI=1S/C20H38O2/c1-4-7-9-11-13-15-17-19(18-22-20(21)6-3)16-14-12-10-8-5-2/h6,19H,3-5,7-18H2,1-2H3. The van der Waals surface area contributed by atoms with Crippen LogP contribution >= 0.6 is 0 Å². The van der Waals surface area contributed by atoms with Crippen LogP contribution in [-0.2, 0) is 9.53 Å². The second-order valence-corrected chi connectivity index (χ2v) is 6.46. The average Bonchev–Trinajstić information content (AvgIpc) is 2.54. The smallest absolute Gasteiger partial charge is 0.330 e. The van der Waals surface area contributed by atoms with Gasteiger partial charge in [0.15, 0.2) is 0 Å². The molecule has 0 saturated carbocycles. The van der Waals surface area contributed by atoms with Crippen molar-refractivity contribution in [3.05, 3.63) is 12.7 Å². The van der Waals surface area contributed by atoms with Crippen molar-refractivity contribution in [2.24, 2.45) is 5.92 Å². The van der Waals surface area contributed by atoms with Gasteiger partial charge in [-0.05, 0) is 18.8 Å². The van der Waals surface area contributed by atoms with Crippen molar-refractivity contribution in [2.45, 2.75) is 97.3 Å². The van der Waals surface area contributed by atoms with Crippen LogP contribution < -0.4 is 0 Å². The highest BCUT2D eigenvalue weighted by Gasteiger charge is 2.11. The van der Waals surface area contributed by atoms with Crippen molar-refractivity contribution in [3.8, 4) is 0 Å². The maximum absolute atomic E-state index is 11.2. The minimum atomic E-state index is -0.279. The molecule has 0 radical (unpaired) electrons. The number of carbonyl (C=O) groups is 1. The summed E-state index contributed by atoms with van der Waals surface area (Å²) in [6.07, 6.45) is 18.2. The molecule has 0 bridgehead atoms. The van der Waals surface area contributed by atoms with E-state index in [-0.39, 0.29) is 5.97 Å². The van der Waals surface area contributed by atoms with E-state index in [1.54, 1.807) is 0 Å². The Bertz CT molecular complexity index is 260. The monoisotopic (exact) mass is 310 g/mol. The molecule has 22 heavy (non-hydrogen) atoms. The van der Waals surface area contributed by atoms with Gasteiger partial charge in [0.05, 0.1) is 6.61 Å². The van der Waals surface area contributed by atoms with Crippen molar-refractivity contribution < 1.29 is 9.53 Å². The third kappa shape index (κ3) is 14.2. The van der Waals surface area contributed by atoms with Crippen LogP contribution in [0.15, 0.2) is 12.7 Å². The first-order valence-electron chi connectivity index (χ1n) is 9.53. The summed E-state index contributed by atoms with van der Waals surface area (Å²) in [6.45, 7) is 8.54. The molecule has 0 N–H and O–H groups in total. The van der Waals surface area contributed by atoms with Crippen LogP contribution in [0, 0.1) is 5.92 Å². The molecular formula is C20H38O2. The molecule has 0 aliphatic heterocycles. The lowest BCUT2D eigenvalue weighted by Gasteiger charge is -2.16. The zero-order chi connectivity index (χ0) is 16.5. The molecule has 0 aliphatic carbocycles. The lowest BCUT2D eigenvalue weighted by Crippen LogP contribution is -2.13. The summed E-state index contributed by atoms with van der Waals surface area (Å²) in [6, 6.07) is 0. The van der Waals surface area contributed by atoms with Gasteiger partial charge in [-0.3, -0.25) is 0 Å². The first kappa shape index (κ1) is 21.2. The van der Waals surface area contributed by atoms with Crippen molar-refractivity contribution in [3.63, 3.8) is 0 Å². The molecule has 130 valence electrons. The van der Waals surface area contributed by atoms with Crippen molar-refractivity contribution in [1.82, 2.24) is 0 Å². The average molecular weight is 311 g/mol. The SMILES string of the molecule is C=CC(=O)OCC(CCCCCCC)CCCCCCCC. The molecule has 0 aromatic rings. The van der Waals surface area contributed by atoms with Gasteiger partial charge >= 0.3 is 5.97 Å². The predicted molar refractivity (Wildman–Crippen MR) is 96.0 cm³/mol. The van der Waals surface area contributed by atoms with E-state index >= 15 is 0 Å². The predicted octanol–water partition coefficient (Wildman–Crippen LogP) is 6.44. The van der Waals surface area contributed by atoms with Crippen LogP contribution in [0.5, 0.6) is 0 Å². The summed E-state index contributed by atoms with van der Waals surface area (Å²) < 4.78 is 5.27. The Morgan fingerprint density at radius 3 is 1.77 bits per heavy atom. The van der Waals surface area contributed by atoms with Crippen LogP contribution in [0.3, 0.4) is 0 Å². The molecule has 0 spiro atoms. The van der Waals surface area contributed by atoms with Crippen LogP contribution in [0.25, 0.3) is 0 Å². The maximum atomic E-state index is 11.2. The Kier molecular flexibility index (Phi) is 16.0. The number of ether oxygens (including phenoxy) is 1. The summed E-state index contributed by atoms with van der Waals surface area (Å²) in [5.74, 6) is 0.260. The highest BCUT2D eigenvalue weighted by molar-refractivity contribution is 5.81. The zero-order valence-corrected chi connectivity index (χ0v) is 15.1. The van der Waals surface area contributed by atoms with Gasteiger partial charge in [-0.15, -0.1) is 0 Å². The summed E-state index contributed by atoms with van der Waals surface area (Å²) in [5.41, 5.74) is 0. The summed E-state index contributed by atoms with van der Waals surface area (Å²) in [5, 5.41) is 0. The topological polar surface area (TPSA) is 26.3 Å². The van der Waals surface area contributed by atoms with Gasteiger partial charge in [-0.2, -0.15) is 0 Å². The van der Waals surface area contributed by atoms with Crippen LogP contribution in [0.2, 0.25) is 0 Å². The summed E-state index contributed by atoms with van der Waals surface area (Å²) in [7, 11) is 0. The van der Waals surface area contributed by atoms with E-state index in [1.807, 2.05) is 0 Å². The molecule has 0 fully saturated rings. The van der Waals surface area contributed by atoms with E-state index in [2.05, 4.69) is 20.4 Å². The maximum Gasteiger partial charge on any atom is 0.330 e. The van der Waals surface area contributed by atoms with Gasteiger partial charge in [-0.1, -0.05) is 91.1 Å². The Hall–Kier alpha value is -0.790. The molecule has 0 aliphatic rings. The Balaban J connectivity index is 3.84. The van der Waals surface area contributed by atoms with Gasteiger partial charge < -0.3 is 4.74 Å². The fourth-order valence-electron chi connectivity index (χ4n) is 2.82. The van der Waals surface area contributed by atoms with Gasteiger partial charge in [0, 0.05) is 6.08 Å². The van der Waals surface area contributed by atoms with E-state index in [0.717, 1.165) is 0 Å². The lowest BCUT2D eigenvalue weighted by molar-refractivity contribution is -0.139. The number of hydrogen-bond donors (Lipinski definition) is 0. The first-order chi connectivity index (χ1) is 10.7. The number of carbonyl (C=O) groups excluding carboxylic acids is 1. The Morgan fingerprint density at radius 2 is 1.32 bits per heavy atom. The van der Waals surface area contributed by atoms with Gasteiger partial charge in [0.1, 0.15) is 0 Å². The minimum absolute atomic E-state index is 0.279. The largest absolute Gasteiger partial charge is 0.462 e. The normalized spacial score (nSPS) is 12.1. The van der Waals surface area contributed by atoms with Crippen LogP contribution in [-0.4, -0.2) is 12.6 Å². The van der Waals surface area contributed by atoms with Crippen molar-refractivity contribution >= 4 is 5.97 Å². The third-order valence-corrected chi connectivity index (χ3v) is 4.31. The fraction of sp³-hybridized carbons (Fsp3) is 0.850. The lowest BCUT2D eigenvalue weighted by atomic mass is 9.95. The molecule has 0 aromatic heterocycles. The van der Waals surface area contributed by atoms with E-state index in [1.165, 1.54) is 89.5 Å². The van der Waals surface area contributed by atoms with E-state index in [9.17, 15) is 4.79 Å². The quantitative estimate of drug-likeness (QED) is 0.186. The Morgan fingerprint density at radius 1 is 0.864 bits per heavy atom. The van der Waals surface area contributed by atoms with Gasteiger partial charge in [-0.25, -0.2) is 4.79 Å². The van der Waals surface area contributed by atoms with Gasteiger partial charge in [0.2, 0.25) is 0 Å². The van der Waals surface area contributed by atoms with Gasteiger partial charge in [0.25, 0.3) is 0 Å². The summed E-state index contributed by atoms with van der Waals surface area (Å²) >= 11 is 0. The van der Waals surface area contributed by atoms with E-state index in [0.29, 0.717) is 12.5 Å². The number of esters is 1. The molecule has 0 rings (SSSR count). The second-order valence-electron chi connectivity index (χ2n) is 6.46. The second kappa shape index (κ2) is 16.6. The number of unbranched alkanes of at least 4 members (excludes halogenated alkanes) is 9. The molecular weight excluding hydrogens is 272 g/mol.